The van der Waals surface area contributed by atoms with Gasteiger partial charge in [-0.3, -0.25) is 9.59 Å². The van der Waals surface area contributed by atoms with Crippen molar-refractivity contribution in [3.8, 4) is 0 Å². The third kappa shape index (κ3) is 2.79. The second-order valence-electron chi connectivity index (χ2n) is 4.54. The van der Waals surface area contributed by atoms with Crippen LogP contribution in [0.5, 0.6) is 0 Å². The normalized spacial score (nSPS) is 14.1. The van der Waals surface area contributed by atoms with Gasteiger partial charge in [-0.2, -0.15) is 0 Å². The average Bonchev–Trinajstić information content (AvgIpc) is 2.80. The third-order valence-corrected chi connectivity index (χ3v) is 3.28. The van der Waals surface area contributed by atoms with Gasteiger partial charge in [0.25, 0.3) is 5.78 Å². The Balaban J connectivity index is 2.30. The Kier molecular flexibility index (Phi) is 4.07. The Morgan fingerprint density at radius 2 is 2.14 bits per heavy atom. The molecule has 1 heterocycles. The van der Waals surface area contributed by atoms with Crippen LogP contribution < -0.4 is 4.90 Å². The zero-order valence-corrected chi connectivity index (χ0v) is 11.8. The smallest absolute Gasteiger partial charge is 0.378 e. The molecule has 6 nitrogen and oxygen atoms in total. The summed E-state index contributed by atoms with van der Waals surface area (Å²) < 4.78 is 4.27. The van der Waals surface area contributed by atoms with E-state index in [0.717, 1.165) is 24.4 Å². The van der Waals surface area contributed by atoms with Gasteiger partial charge in [-0.05, 0) is 30.7 Å². The van der Waals surface area contributed by atoms with Crippen LogP contribution in [0.4, 0.5) is 5.69 Å². The number of carbonyl (C=O) groups excluding carboxylic acids is 3. The van der Waals surface area contributed by atoms with E-state index in [1.54, 1.807) is 23.1 Å². The van der Waals surface area contributed by atoms with Crippen LogP contribution in [-0.2, 0) is 25.5 Å². The summed E-state index contributed by atoms with van der Waals surface area (Å²) in [4.78, 5) is 35.8. The third-order valence-electron chi connectivity index (χ3n) is 3.28. The number of likely N-dealkylation sites (N-methyl/N-ethyl adjacent to an activating group) is 1. The molecule has 21 heavy (non-hydrogen) atoms. The highest BCUT2D eigenvalue weighted by Crippen LogP contribution is 2.30. The van der Waals surface area contributed by atoms with Gasteiger partial charge < -0.3 is 14.7 Å². The molecule has 0 atom stereocenters. The van der Waals surface area contributed by atoms with Crippen molar-refractivity contribution in [1.82, 2.24) is 0 Å². The fourth-order valence-electron chi connectivity index (χ4n) is 2.26. The standard InChI is InChI=1S/C15H15NO5/c1-3-16-11-5-4-9(6-10(11)7-14(16)19)12(17)8-13(18)15(20)21-2/h4-6,8,17H,3,7H2,1-2H3/b12-8-. The predicted molar refractivity (Wildman–Crippen MR) is 75.8 cm³/mol. The lowest BCUT2D eigenvalue weighted by Gasteiger charge is -2.14. The Hall–Kier alpha value is -2.63. The summed E-state index contributed by atoms with van der Waals surface area (Å²) in [6.45, 7) is 2.46. The van der Waals surface area contributed by atoms with Gasteiger partial charge in [-0.15, -0.1) is 0 Å². The van der Waals surface area contributed by atoms with Crippen molar-refractivity contribution in [3.05, 3.63) is 35.4 Å². The topological polar surface area (TPSA) is 83.9 Å². The highest BCUT2D eigenvalue weighted by Gasteiger charge is 2.26. The molecule has 0 saturated heterocycles. The molecule has 0 saturated carbocycles. The molecule has 0 spiro atoms. The van der Waals surface area contributed by atoms with Gasteiger partial charge in [-0.1, -0.05) is 0 Å². The Bertz CT molecular complexity index is 647. The van der Waals surface area contributed by atoms with E-state index < -0.39 is 11.8 Å². The van der Waals surface area contributed by atoms with Gasteiger partial charge in [0, 0.05) is 23.9 Å². The first-order valence-corrected chi connectivity index (χ1v) is 6.44. The van der Waals surface area contributed by atoms with E-state index in [2.05, 4.69) is 4.74 Å². The summed E-state index contributed by atoms with van der Waals surface area (Å²) in [6, 6.07) is 4.95. The number of fused-ring (bicyclic) bond motifs is 1. The SMILES string of the molecule is CCN1C(=O)Cc2cc(/C(O)=C/C(=O)C(=O)OC)ccc21. The molecule has 1 aliphatic heterocycles. The van der Waals surface area contributed by atoms with E-state index in [9.17, 15) is 19.5 Å². The maximum Gasteiger partial charge on any atom is 0.378 e. The Morgan fingerprint density at radius 1 is 1.43 bits per heavy atom. The van der Waals surface area contributed by atoms with Gasteiger partial charge in [0.05, 0.1) is 13.5 Å². The van der Waals surface area contributed by atoms with Crippen LogP contribution in [0.25, 0.3) is 5.76 Å². The number of esters is 1. The molecule has 1 N–H and O–H groups in total. The van der Waals surface area contributed by atoms with Crippen molar-refractivity contribution < 1.29 is 24.2 Å². The summed E-state index contributed by atoms with van der Waals surface area (Å²) in [6.07, 6.45) is 1.07. The number of rotatable bonds is 4. The van der Waals surface area contributed by atoms with Crippen LogP contribution in [0.3, 0.4) is 0 Å². The molecule has 1 aromatic rings. The van der Waals surface area contributed by atoms with Crippen molar-refractivity contribution in [1.29, 1.82) is 0 Å². The molecule has 0 aromatic heterocycles. The summed E-state index contributed by atoms with van der Waals surface area (Å²) in [7, 11) is 1.09. The number of benzene rings is 1. The minimum Gasteiger partial charge on any atom is -0.507 e. The first kappa shape index (κ1) is 14.8. The number of carbonyl (C=O) groups is 3. The van der Waals surface area contributed by atoms with Crippen LogP contribution in [0.15, 0.2) is 24.3 Å². The van der Waals surface area contributed by atoms with E-state index in [1.807, 2.05) is 6.92 Å². The number of hydrogen-bond donors (Lipinski definition) is 1. The first-order chi connectivity index (χ1) is 9.97. The molecule has 0 bridgehead atoms. The molecule has 1 aromatic carbocycles. The average molecular weight is 289 g/mol. The van der Waals surface area contributed by atoms with Crippen molar-refractivity contribution in [2.24, 2.45) is 0 Å². The highest BCUT2D eigenvalue weighted by molar-refractivity contribution is 6.39. The molecule has 0 aliphatic carbocycles. The minimum absolute atomic E-state index is 0.00115. The maximum absolute atomic E-state index is 11.8. The summed E-state index contributed by atoms with van der Waals surface area (Å²) in [5.41, 5.74) is 1.96. The van der Waals surface area contributed by atoms with Crippen molar-refractivity contribution in [2.45, 2.75) is 13.3 Å². The zero-order valence-electron chi connectivity index (χ0n) is 11.8. The molecular formula is C15H15NO5. The van der Waals surface area contributed by atoms with E-state index >= 15 is 0 Å². The largest absolute Gasteiger partial charge is 0.507 e. The van der Waals surface area contributed by atoms with Crippen LogP contribution in [-0.4, -0.2) is 36.4 Å². The lowest BCUT2D eigenvalue weighted by Crippen LogP contribution is -2.25. The molecule has 0 fully saturated rings. The number of hydrogen-bond acceptors (Lipinski definition) is 5. The number of ether oxygens (including phenoxy) is 1. The fraction of sp³-hybridized carbons (Fsp3) is 0.267. The number of ketones is 1. The molecular weight excluding hydrogens is 274 g/mol. The van der Waals surface area contributed by atoms with Crippen molar-refractivity contribution >= 4 is 29.1 Å². The van der Waals surface area contributed by atoms with Gasteiger partial charge in [0.1, 0.15) is 5.76 Å². The zero-order chi connectivity index (χ0) is 15.6. The van der Waals surface area contributed by atoms with Crippen LogP contribution in [0.2, 0.25) is 0 Å². The van der Waals surface area contributed by atoms with Crippen LogP contribution >= 0.6 is 0 Å². The van der Waals surface area contributed by atoms with Gasteiger partial charge in [-0.25, -0.2) is 4.79 Å². The number of aliphatic hydroxyl groups is 1. The molecule has 6 heteroatoms. The molecule has 2 rings (SSSR count). The molecule has 1 aliphatic rings. The first-order valence-electron chi connectivity index (χ1n) is 6.44. The molecule has 0 unspecified atom stereocenters. The minimum atomic E-state index is -1.05. The predicted octanol–water partition coefficient (Wildman–Crippen LogP) is 1.24. The monoisotopic (exact) mass is 289 g/mol. The summed E-state index contributed by atoms with van der Waals surface area (Å²) >= 11 is 0. The highest BCUT2D eigenvalue weighted by atomic mass is 16.5. The van der Waals surface area contributed by atoms with Gasteiger partial charge in [0.15, 0.2) is 0 Å². The van der Waals surface area contributed by atoms with Crippen molar-refractivity contribution in [2.75, 3.05) is 18.6 Å². The lowest BCUT2D eigenvalue weighted by molar-refractivity contribution is -0.149. The van der Waals surface area contributed by atoms with Gasteiger partial charge in [0.2, 0.25) is 5.91 Å². The van der Waals surface area contributed by atoms with E-state index in [-0.39, 0.29) is 18.1 Å². The number of aliphatic hydroxyl groups excluding tert-OH is 1. The van der Waals surface area contributed by atoms with E-state index in [1.165, 1.54) is 0 Å². The molecule has 1 amide bonds. The van der Waals surface area contributed by atoms with Crippen LogP contribution in [0, 0.1) is 0 Å². The second-order valence-corrected chi connectivity index (χ2v) is 4.54. The number of anilines is 1. The summed E-state index contributed by atoms with van der Waals surface area (Å²) in [5.74, 6) is -2.33. The van der Waals surface area contributed by atoms with E-state index in [0.29, 0.717) is 12.1 Å². The van der Waals surface area contributed by atoms with Crippen molar-refractivity contribution in [3.63, 3.8) is 0 Å². The van der Waals surface area contributed by atoms with Crippen LogP contribution in [0.1, 0.15) is 18.1 Å². The quantitative estimate of drug-likeness (QED) is 0.390. The van der Waals surface area contributed by atoms with E-state index in [4.69, 9.17) is 0 Å². The molecule has 110 valence electrons. The molecule has 0 radical (unpaired) electrons. The fourth-order valence-corrected chi connectivity index (χ4v) is 2.26. The lowest BCUT2D eigenvalue weighted by atomic mass is 10.1. The number of nitrogens with zero attached hydrogens (tertiary/aromatic N) is 1. The number of amides is 1. The van der Waals surface area contributed by atoms with Gasteiger partial charge >= 0.3 is 5.97 Å². The summed E-state index contributed by atoms with van der Waals surface area (Å²) in [5, 5.41) is 9.89. The second kappa shape index (κ2) is 5.78. The Morgan fingerprint density at radius 3 is 2.76 bits per heavy atom. The number of methoxy groups -OCH3 is 1. The maximum atomic E-state index is 11.8. The Labute approximate surface area is 121 Å².